The van der Waals surface area contributed by atoms with Crippen LogP contribution in [0, 0.1) is 0 Å². The summed E-state index contributed by atoms with van der Waals surface area (Å²) in [4.78, 5) is 27.3. The van der Waals surface area contributed by atoms with Crippen LogP contribution in [-0.2, 0) is 4.74 Å². The van der Waals surface area contributed by atoms with E-state index in [2.05, 4.69) is 4.98 Å². The van der Waals surface area contributed by atoms with Gasteiger partial charge in [-0.25, -0.2) is 4.79 Å². The molecule has 0 saturated heterocycles. The molecule has 0 radical (unpaired) electrons. The summed E-state index contributed by atoms with van der Waals surface area (Å²) in [5, 5.41) is 0.576. The molecule has 0 aliphatic carbocycles. The summed E-state index contributed by atoms with van der Waals surface area (Å²) in [7, 11) is 1.28. The van der Waals surface area contributed by atoms with Crippen molar-refractivity contribution >= 4 is 23.4 Å². The Kier molecular flexibility index (Phi) is 4.04. The first-order valence-corrected chi connectivity index (χ1v) is 7.13. The zero-order valence-corrected chi connectivity index (χ0v) is 12.9. The molecular formula is C17H12ClNO4. The minimum Gasteiger partial charge on any atom is -0.464 e. The first-order chi connectivity index (χ1) is 11.1. The first kappa shape index (κ1) is 15.1. The van der Waals surface area contributed by atoms with E-state index in [1.807, 2.05) is 0 Å². The lowest BCUT2D eigenvalue weighted by Gasteiger charge is -2.03. The number of esters is 1. The van der Waals surface area contributed by atoms with Crippen LogP contribution in [-0.4, -0.2) is 23.8 Å². The molecule has 0 atom stereocenters. The highest BCUT2D eigenvalue weighted by Gasteiger charge is 2.22. The molecule has 2 aromatic heterocycles. The maximum atomic E-state index is 12.6. The van der Waals surface area contributed by atoms with Gasteiger partial charge in [-0.15, -0.1) is 0 Å². The average Bonchev–Trinajstić information content (AvgIpc) is 3.24. The van der Waals surface area contributed by atoms with Crippen molar-refractivity contribution < 1.29 is 18.7 Å². The quantitative estimate of drug-likeness (QED) is 0.581. The molecule has 3 rings (SSSR count). The van der Waals surface area contributed by atoms with E-state index in [0.717, 1.165) is 5.56 Å². The fraction of sp³-hybridized carbons (Fsp3) is 0.0588. The van der Waals surface area contributed by atoms with Crippen LogP contribution in [0.2, 0.25) is 5.02 Å². The van der Waals surface area contributed by atoms with E-state index in [0.29, 0.717) is 16.3 Å². The Labute approximate surface area is 136 Å². The van der Waals surface area contributed by atoms with Gasteiger partial charge in [0.25, 0.3) is 0 Å². The van der Waals surface area contributed by atoms with Gasteiger partial charge < -0.3 is 14.1 Å². The fourth-order valence-electron chi connectivity index (χ4n) is 2.24. The predicted molar refractivity (Wildman–Crippen MR) is 84.7 cm³/mol. The number of benzene rings is 1. The summed E-state index contributed by atoms with van der Waals surface area (Å²) in [6, 6.07) is 11.6. The lowest BCUT2D eigenvalue weighted by molar-refractivity contribution is 0.0595. The molecule has 0 fully saturated rings. The van der Waals surface area contributed by atoms with Crippen molar-refractivity contribution in [2.75, 3.05) is 7.11 Å². The number of methoxy groups -OCH3 is 1. The number of hydrogen-bond acceptors (Lipinski definition) is 4. The van der Waals surface area contributed by atoms with Crippen molar-refractivity contribution in [1.82, 2.24) is 4.98 Å². The Morgan fingerprint density at radius 2 is 1.91 bits per heavy atom. The first-order valence-electron chi connectivity index (χ1n) is 6.75. The van der Waals surface area contributed by atoms with Crippen LogP contribution in [0.15, 0.2) is 53.1 Å². The van der Waals surface area contributed by atoms with E-state index in [1.165, 1.54) is 19.4 Å². The number of ketones is 1. The molecular weight excluding hydrogens is 318 g/mol. The molecule has 0 amide bonds. The maximum Gasteiger partial charge on any atom is 0.354 e. The van der Waals surface area contributed by atoms with Gasteiger partial charge in [-0.05, 0) is 35.9 Å². The molecule has 1 N–H and O–H groups in total. The number of carbonyl (C=O) groups excluding carboxylic acids is 2. The smallest absolute Gasteiger partial charge is 0.354 e. The summed E-state index contributed by atoms with van der Waals surface area (Å²) in [6.07, 6.45) is 1.42. The Bertz CT molecular complexity index is 847. The second-order valence-corrected chi connectivity index (χ2v) is 5.21. The van der Waals surface area contributed by atoms with Crippen molar-refractivity contribution in [2.24, 2.45) is 0 Å². The molecule has 23 heavy (non-hydrogen) atoms. The SMILES string of the molecule is COC(=O)c1cc(C(=O)c2ccco2)c(-c2ccc(Cl)cc2)[nH]1. The minimum absolute atomic E-state index is 0.187. The number of furan rings is 1. The third kappa shape index (κ3) is 2.91. The van der Waals surface area contributed by atoms with Gasteiger partial charge in [-0.1, -0.05) is 23.7 Å². The summed E-state index contributed by atoms with van der Waals surface area (Å²) in [5.74, 6) is -0.694. The van der Waals surface area contributed by atoms with E-state index in [4.69, 9.17) is 20.8 Å². The monoisotopic (exact) mass is 329 g/mol. The molecule has 116 valence electrons. The topological polar surface area (TPSA) is 72.3 Å². The van der Waals surface area contributed by atoms with Crippen molar-refractivity contribution in [3.63, 3.8) is 0 Å². The van der Waals surface area contributed by atoms with Gasteiger partial charge in [-0.3, -0.25) is 4.79 Å². The third-order valence-corrected chi connectivity index (χ3v) is 3.60. The summed E-state index contributed by atoms with van der Waals surface area (Å²) >= 11 is 5.89. The van der Waals surface area contributed by atoms with Gasteiger partial charge in [0.05, 0.1) is 24.6 Å². The van der Waals surface area contributed by atoms with Crippen LogP contribution >= 0.6 is 11.6 Å². The number of ether oxygens (including phenoxy) is 1. The van der Waals surface area contributed by atoms with Crippen LogP contribution in [0.1, 0.15) is 26.6 Å². The van der Waals surface area contributed by atoms with E-state index in [1.54, 1.807) is 36.4 Å². The summed E-state index contributed by atoms with van der Waals surface area (Å²) < 4.78 is 9.86. The third-order valence-electron chi connectivity index (χ3n) is 3.35. The van der Waals surface area contributed by atoms with Gasteiger partial charge in [0.2, 0.25) is 5.78 Å². The van der Waals surface area contributed by atoms with Crippen molar-refractivity contribution in [2.45, 2.75) is 0 Å². The van der Waals surface area contributed by atoms with Gasteiger partial charge >= 0.3 is 5.97 Å². The molecule has 0 aliphatic rings. The molecule has 1 aromatic carbocycles. The number of carbonyl (C=O) groups is 2. The number of rotatable bonds is 4. The maximum absolute atomic E-state index is 12.6. The zero-order chi connectivity index (χ0) is 16.4. The second kappa shape index (κ2) is 6.14. The molecule has 0 unspecified atom stereocenters. The Hall–Kier alpha value is -2.79. The molecule has 3 aromatic rings. The average molecular weight is 330 g/mol. The highest BCUT2D eigenvalue weighted by Crippen LogP contribution is 2.28. The molecule has 2 heterocycles. The number of aromatic amines is 1. The van der Waals surface area contributed by atoms with Crippen molar-refractivity contribution in [1.29, 1.82) is 0 Å². The van der Waals surface area contributed by atoms with Crippen LogP contribution in [0.25, 0.3) is 11.3 Å². The van der Waals surface area contributed by atoms with Crippen molar-refractivity contribution in [3.8, 4) is 11.3 Å². The molecule has 0 aliphatic heterocycles. The highest BCUT2D eigenvalue weighted by molar-refractivity contribution is 6.30. The fourth-order valence-corrected chi connectivity index (χ4v) is 2.36. The number of aromatic nitrogens is 1. The summed E-state index contributed by atoms with van der Waals surface area (Å²) in [6.45, 7) is 0. The molecule has 5 nitrogen and oxygen atoms in total. The standard InChI is InChI=1S/C17H12ClNO4/c1-22-17(21)13-9-12(16(20)14-3-2-8-23-14)15(19-13)10-4-6-11(18)7-5-10/h2-9,19H,1H3. The second-order valence-electron chi connectivity index (χ2n) is 4.78. The lowest BCUT2D eigenvalue weighted by Crippen LogP contribution is -2.01. The molecule has 0 bridgehead atoms. The predicted octanol–water partition coefficient (Wildman–Crippen LogP) is 3.95. The number of hydrogen-bond donors (Lipinski definition) is 1. The lowest BCUT2D eigenvalue weighted by atomic mass is 10.0. The number of nitrogens with one attached hydrogen (secondary N) is 1. The largest absolute Gasteiger partial charge is 0.464 e. The van der Waals surface area contributed by atoms with Crippen LogP contribution in [0.3, 0.4) is 0 Å². The van der Waals surface area contributed by atoms with Gasteiger partial charge in [0.15, 0.2) is 5.76 Å². The van der Waals surface area contributed by atoms with Crippen LogP contribution < -0.4 is 0 Å². The van der Waals surface area contributed by atoms with Gasteiger partial charge in [-0.2, -0.15) is 0 Å². The van der Waals surface area contributed by atoms with E-state index >= 15 is 0 Å². The van der Waals surface area contributed by atoms with E-state index < -0.39 is 5.97 Å². The molecule has 6 heteroatoms. The Balaban J connectivity index is 2.13. The minimum atomic E-state index is -0.557. The Morgan fingerprint density at radius 3 is 2.52 bits per heavy atom. The Morgan fingerprint density at radius 1 is 1.17 bits per heavy atom. The highest BCUT2D eigenvalue weighted by atomic mass is 35.5. The number of H-pyrrole nitrogens is 1. The van der Waals surface area contributed by atoms with Gasteiger partial charge in [0.1, 0.15) is 5.69 Å². The van der Waals surface area contributed by atoms with E-state index in [9.17, 15) is 9.59 Å². The van der Waals surface area contributed by atoms with Gasteiger partial charge in [0, 0.05) is 5.02 Å². The molecule has 0 spiro atoms. The normalized spacial score (nSPS) is 10.5. The summed E-state index contributed by atoms with van der Waals surface area (Å²) in [5.41, 5.74) is 1.73. The van der Waals surface area contributed by atoms with E-state index in [-0.39, 0.29) is 17.2 Å². The number of halogens is 1. The molecule has 0 saturated carbocycles. The van der Waals surface area contributed by atoms with Crippen LogP contribution in [0.4, 0.5) is 0 Å². The zero-order valence-electron chi connectivity index (χ0n) is 12.1. The van der Waals surface area contributed by atoms with Crippen molar-refractivity contribution in [3.05, 3.63) is 70.8 Å². The van der Waals surface area contributed by atoms with Crippen LogP contribution in [0.5, 0.6) is 0 Å².